The molecule has 0 aliphatic carbocycles. The summed E-state index contributed by atoms with van der Waals surface area (Å²) in [4.78, 5) is 0. The topological polar surface area (TPSA) is 56.5 Å². The first-order chi connectivity index (χ1) is 7.83. The molecule has 0 bridgehead atoms. The van der Waals surface area contributed by atoms with E-state index < -0.39 is 0 Å². The lowest BCUT2D eigenvalue weighted by molar-refractivity contribution is -0.102. The molecule has 4 nitrogen and oxygen atoms in total. The molecule has 3 N–H and O–H groups in total. The average Bonchev–Trinajstić information content (AvgIpc) is 2.34. The van der Waals surface area contributed by atoms with Gasteiger partial charge in [-0.15, -0.1) is 0 Å². The van der Waals surface area contributed by atoms with Crippen molar-refractivity contribution in [1.29, 1.82) is 0 Å². The van der Waals surface area contributed by atoms with Crippen molar-refractivity contribution < 1.29 is 9.47 Å². The maximum atomic E-state index is 6.13. The number of rotatable bonds is 3. The molecule has 1 heterocycles. The molecule has 1 aliphatic heterocycles. The van der Waals surface area contributed by atoms with Gasteiger partial charge in [-0.05, 0) is 11.6 Å². The molecule has 0 amide bonds. The van der Waals surface area contributed by atoms with Crippen LogP contribution < -0.4 is 11.3 Å². The van der Waals surface area contributed by atoms with Crippen molar-refractivity contribution >= 4 is 11.6 Å². The minimum absolute atomic E-state index is 0.0985. The Bertz CT molecular complexity index is 343. The molecular formula is C11H15ClN2O2. The molecule has 1 fully saturated rings. The number of nitrogens with two attached hydrogens (primary N) is 1. The van der Waals surface area contributed by atoms with E-state index >= 15 is 0 Å². The minimum atomic E-state index is -0.144. The van der Waals surface area contributed by atoms with Crippen molar-refractivity contribution in [3.05, 3.63) is 34.9 Å². The summed E-state index contributed by atoms with van der Waals surface area (Å²) in [6, 6.07) is 7.44. The first kappa shape index (κ1) is 11.8. The number of hydrogen-bond donors (Lipinski definition) is 2. The van der Waals surface area contributed by atoms with Crippen LogP contribution in [0.4, 0.5) is 0 Å². The number of benzene rings is 1. The first-order valence-electron chi connectivity index (χ1n) is 5.23. The molecule has 0 spiro atoms. The van der Waals surface area contributed by atoms with E-state index in [0.29, 0.717) is 24.8 Å². The predicted molar refractivity (Wildman–Crippen MR) is 62.1 cm³/mol. The molecule has 1 aliphatic rings. The largest absolute Gasteiger partial charge is 0.376 e. The van der Waals surface area contributed by atoms with Crippen LogP contribution in [0.5, 0.6) is 0 Å². The van der Waals surface area contributed by atoms with Crippen LogP contribution >= 0.6 is 11.6 Å². The molecule has 0 saturated carbocycles. The molecular weight excluding hydrogens is 228 g/mol. The van der Waals surface area contributed by atoms with Crippen molar-refractivity contribution in [3.8, 4) is 0 Å². The maximum absolute atomic E-state index is 6.13. The molecule has 1 aromatic rings. The number of hydrazine groups is 1. The van der Waals surface area contributed by atoms with Gasteiger partial charge in [0.2, 0.25) is 0 Å². The molecule has 16 heavy (non-hydrogen) atoms. The van der Waals surface area contributed by atoms with E-state index in [1.807, 2.05) is 24.3 Å². The van der Waals surface area contributed by atoms with E-state index in [9.17, 15) is 0 Å². The highest BCUT2D eigenvalue weighted by Crippen LogP contribution is 2.26. The Balaban J connectivity index is 2.18. The quantitative estimate of drug-likeness (QED) is 0.619. The second kappa shape index (κ2) is 5.61. The van der Waals surface area contributed by atoms with Crippen molar-refractivity contribution in [2.75, 3.05) is 19.8 Å². The van der Waals surface area contributed by atoms with Crippen molar-refractivity contribution in [2.45, 2.75) is 12.1 Å². The molecule has 0 aromatic heterocycles. The monoisotopic (exact) mass is 242 g/mol. The highest BCUT2D eigenvalue weighted by molar-refractivity contribution is 6.31. The molecule has 1 aromatic carbocycles. The standard InChI is InChI=1S/C11H15ClN2O2/c12-9-4-2-1-3-8(9)11(14-13)10-7-15-5-6-16-10/h1-4,10-11,14H,5-7,13H2. The molecule has 5 heteroatoms. The van der Waals surface area contributed by atoms with Gasteiger partial charge in [-0.1, -0.05) is 29.8 Å². The van der Waals surface area contributed by atoms with Crippen LogP contribution in [0.25, 0.3) is 0 Å². The summed E-state index contributed by atoms with van der Waals surface area (Å²) in [6.07, 6.45) is -0.0985. The van der Waals surface area contributed by atoms with Gasteiger partial charge in [0, 0.05) is 5.02 Å². The van der Waals surface area contributed by atoms with Gasteiger partial charge in [0.1, 0.15) is 6.10 Å². The van der Waals surface area contributed by atoms with Gasteiger partial charge < -0.3 is 9.47 Å². The fraction of sp³-hybridized carbons (Fsp3) is 0.455. The zero-order valence-electron chi connectivity index (χ0n) is 8.86. The van der Waals surface area contributed by atoms with Gasteiger partial charge in [0.15, 0.2) is 0 Å². The zero-order valence-corrected chi connectivity index (χ0v) is 9.61. The van der Waals surface area contributed by atoms with E-state index in [-0.39, 0.29) is 12.1 Å². The highest BCUT2D eigenvalue weighted by Gasteiger charge is 2.26. The second-order valence-electron chi connectivity index (χ2n) is 3.65. The Labute approximate surface area is 99.6 Å². The number of nitrogens with one attached hydrogen (secondary N) is 1. The average molecular weight is 243 g/mol. The van der Waals surface area contributed by atoms with Gasteiger partial charge in [-0.2, -0.15) is 0 Å². The maximum Gasteiger partial charge on any atom is 0.102 e. The third-order valence-corrected chi connectivity index (χ3v) is 2.98. The van der Waals surface area contributed by atoms with Crippen LogP contribution in [0.3, 0.4) is 0 Å². The van der Waals surface area contributed by atoms with Crippen LogP contribution in [0, 0.1) is 0 Å². The van der Waals surface area contributed by atoms with E-state index in [0.717, 1.165) is 5.56 Å². The number of ether oxygens (including phenoxy) is 2. The fourth-order valence-electron chi connectivity index (χ4n) is 1.82. The van der Waals surface area contributed by atoms with Gasteiger partial charge in [0.05, 0.1) is 25.9 Å². The van der Waals surface area contributed by atoms with Gasteiger partial charge in [0.25, 0.3) is 0 Å². The van der Waals surface area contributed by atoms with Crippen LogP contribution in [-0.2, 0) is 9.47 Å². The lowest BCUT2D eigenvalue weighted by Gasteiger charge is -2.30. The predicted octanol–water partition coefficient (Wildman–Crippen LogP) is 1.26. The van der Waals surface area contributed by atoms with Gasteiger partial charge in [-0.25, -0.2) is 0 Å². The summed E-state index contributed by atoms with van der Waals surface area (Å²) < 4.78 is 11.0. The van der Waals surface area contributed by atoms with Crippen LogP contribution in [0.2, 0.25) is 5.02 Å². The highest BCUT2D eigenvalue weighted by atomic mass is 35.5. The summed E-state index contributed by atoms with van der Waals surface area (Å²) in [5.74, 6) is 5.56. The SMILES string of the molecule is NNC(c1ccccc1Cl)C1COCCO1. The Morgan fingerprint density at radius 3 is 2.81 bits per heavy atom. The van der Waals surface area contributed by atoms with Crippen molar-refractivity contribution in [3.63, 3.8) is 0 Å². The lowest BCUT2D eigenvalue weighted by atomic mass is 10.0. The van der Waals surface area contributed by atoms with E-state index in [4.69, 9.17) is 26.9 Å². The molecule has 2 rings (SSSR count). The third-order valence-electron chi connectivity index (χ3n) is 2.63. The minimum Gasteiger partial charge on any atom is -0.376 e. The number of halogens is 1. The third kappa shape index (κ3) is 2.53. The summed E-state index contributed by atoms with van der Waals surface area (Å²) in [7, 11) is 0. The molecule has 2 atom stereocenters. The molecule has 2 unspecified atom stereocenters. The normalized spacial score (nSPS) is 23.0. The van der Waals surface area contributed by atoms with E-state index in [1.165, 1.54) is 0 Å². The second-order valence-corrected chi connectivity index (χ2v) is 4.06. The van der Waals surface area contributed by atoms with Gasteiger partial charge in [-0.3, -0.25) is 11.3 Å². The smallest absolute Gasteiger partial charge is 0.102 e. The van der Waals surface area contributed by atoms with Gasteiger partial charge >= 0.3 is 0 Å². The Morgan fingerprint density at radius 1 is 1.38 bits per heavy atom. The summed E-state index contributed by atoms with van der Waals surface area (Å²) in [6.45, 7) is 1.75. The van der Waals surface area contributed by atoms with Crippen LogP contribution in [0.1, 0.15) is 11.6 Å². The van der Waals surface area contributed by atoms with Crippen molar-refractivity contribution in [1.82, 2.24) is 5.43 Å². The zero-order chi connectivity index (χ0) is 11.4. The molecule has 88 valence electrons. The Hall–Kier alpha value is -0.650. The van der Waals surface area contributed by atoms with E-state index in [2.05, 4.69) is 5.43 Å². The fourth-order valence-corrected chi connectivity index (χ4v) is 2.08. The molecule has 0 radical (unpaired) electrons. The summed E-state index contributed by atoms with van der Waals surface area (Å²) in [5.41, 5.74) is 3.67. The van der Waals surface area contributed by atoms with Crippen LogP contribution in [-0.4, -0.2) is 25.9 Å². The number of hydrogen-bond acceptors (Lipinski definition) is 4. The van der Waals surface area contributed by atoms with E-state index in [1.54, 1.807) is 0 Å². The lowest BCUT2D eigenvalue weighted by Crippen LogP contribution is -2.43. The molecule has 1 saturated heterocycles. The Morgan fingerprint density at radius 2 is 2.19 bits per heavy atom. The first-order valence-corrected chi connectivity index (χ1v) is 5.60. The summed E-state index contributed by atoms with van der Waals surface area (Å²) in [5, 5.41) is 0.680. The Kier molecular flexibility index (Phi) is 4.15. The van der Waals surface area contributed by atoms with Crippen LogP contribution in [0.15, 0.2) is 24.3 Å². The van der Waals surface area contributed by atoms with Crippen molar-refractivity contribution in [2.24, 2.45) is 5.84 Å². The summed E-state index contributed by atoms with van der Waals surface area (Å²) >= 11 is 6.13.